The van der Waals surface area contributed by atoms with Crippen LogP contribution in [0.15, 0.2) is 23.0 Å². The van der Waals surface area contributed by atoms with Crippen molar-refractivity contribution in [2.75, 3.05) is 0 Å². The molecule has 0 saturated heterocycles. The van der Waals surface area contributed by atoms with Crippen molar-refractivity contribution in [1.29, 1.82) is 0 Å². The number of nitrogens with zero attached hydrogens (tertiary/aromatic N) is 2. The fourth-order valence-corrected chi connectivity index (χ4v) is 4.91. The molecule has 184 valence electrons. The molecule has 0 amide bonds. The highest BCUT2D eigenvalue weighted by Crippen LogP contribution is 2.41. The molecular formula is C24H19F5N2O4. The maximum atomic E-state index is 14.0. The number of aliphatic hydroxyl groups is 1. The van der Waals surface area contributed by atoms with E-state index in [2.05, 4.69) is 4.98 Å². The van der Waals surface area contributed by atoms with Crippen molar-refractivity contribution in [3.63, 3.8) is 0 Å². The number of pyridine rings is 2. The standard InChI is InChI=1S/C24H19F5N2O4/c1-2-23(34)8-20(32)35-10-14-15(23)6-19-21-13(9-31(19)22(14)33)11(3-4-24(27,28)29)12-5-16(25)17(26)7-18(12)30-21/h5-7,34H,2-4,8-10H2,1H3/t23-/m1/s1. The van der Waals surface area contributed by atoms with Gasteiger partial charge in [0.1, 0.15) is 12.2 Å². The maximum Gasteiger partial charge on any atom is 0.389 e. The van der Waals surface area contributed by atoms with Crippen LogP contribution in [0.5, 0.6) is 0 Å². The van der Waals surface area contributed by atoms with Crippen LogP contribution in [0.4, 0.5) is 22.0 Å². The van der Waals surface area contributed by atoms with Crippen LogP contribution in [0.1, 0.15) is 48.4 Å². The van der Waals surface area contributed by atoms with Gasteiger partial charge in [-0.2, -0.15) is 13.2 Å². The molecular weight excluding hydrogens is 475 g/mol. The molecule has 5 rings (SSSR count). The summed E-state index contributed by atoms with van der Waals surface area (Å²) in [7, 11) is 0. The quantitative estimate of drug-likeness (QED) is 0.340. The minimum absolute atomic E-state index is 0.0355. The number of ether oxygens (including phenoxy) is 1. The van der Waals surface area contributed by atoms with Gasteiger partial charge in [-0.05, 0) is 36.1 Å². The number of hydrogen-bond donors (Lipinski definition) is 1. The van der Waals surface area contributed by atoms with Crippen molar-refractivity contribution in [3.8, 4) is 11.4 Å². The van der Waals surface area contributed by atoms with Gasteiger partial charge in [0.25, 0.3) is 5.56 Å². The lowest BCUT2D eigenvalue weighted by molar-refractivity contribution is -0.149. The summed E-state index contributed by atoms with van der Waals surface area (Å²) >= 11 is 0. The van der Waals surface area contributed by atoms with E-state index in [0.29, 0.717) is 5.56 Å². The van der Waals surface area contributed by atoms with Crippen LogP contribution in [0.25, 0.3) is 22.3 Å². The molecule has 2 aliphatic rings. The second-order valence-electron chi connectivity index (χ2n) is 8.85. The Balaban J connectivity index is 1.78. The van der Waals surface area contributed by atoms with Gasteiger partial charge in [-0.25, -0.2) is 13.8 Å². The Bertz CT molecular complexity index is 1460. The average Bonchev–Trinajstić information content (AvgIpc) is 3.08. The summed E-state index contributed by atoms with van der Waals surface area (Å²) in [5.41, 5.74) is -1.31. The molecule has 1 N–H and O–H groups in total. The first-order chi connectivity index (χ1) is 16.4. The molecule has 2 aromatic heterocycles. The summed E-state index contributed by atoms with van der Waals surface area (Å²) in [6.07, 6.45) is -6.50. The van der Waals surface area contributed by atoms with Gasteiger partial charge < -0.3 is 14.4 Å². The molecule has 0 spiro atoms. The highest BCUT2D eigenvalue weighted by Gasteiger charge is 2.40. The average molecular weight is 494 g/mol. The van der Waals surface area contributed by atoms with Crippen LogP contribution in [0, 0.1) is 11.6 Å². The number of hydrogen-bond acceptors (Lipinski definition) is 5. The zero-order chi connectivity index (χ0) is 25.3. The molecule has 0 aliphatic carbocycles. The first kappa shape index (κ1) is 23.4. The number of carbonyl (C=O) groups excluding carboxylic acids is 1. The van der Waals surface area contributed by atoms with Gasteiger partial charge >= 0.3 is 12.1 Å². The number of alkyl halides is 3. The van der Waals surface area contributed by atoms with Crippen LogP contribution < -0.4 is 5.56 Å². The minimum atomic E-state index is -4.50. The normalized spacial score (nSPS) is 19.2. The van der Waals surface area contributed by atoms with Crippen molar-refractivity contribution >= 4 is 16.9 Å². The van der Waals surface area contributed by atoms with Gasteiger partial charge in [0.15, 0.2) is 11.6 Å². The summed E-state index contributed by atoms with van der Waals surface area (Å²) in [5, 5.41) is 11.2. The van der Waals surface area contributed by atoms with E-state index in [4.69, 9.17) is 4.74 Å². The lowest BCUT2D eigenvalue weighted by Crippen LogP contribution is -2.32. The summed E-state index contributed by atoms with van der Waals surface area (Å²) in [4.78, 5) is 29.8. The molecule has 0 unspecified atom stereocenters. The molecule has 4 heterocycles. The molecule has 1 aromatic carbocycles. The van der Waals surface area contributed by atoms with Crippen molar-refractivity contribution < 1.29 is 36.6 Å². The highest BCUT2D eigenvalue weighted by atomic mass is 19.4. The summed E-state index contributed by atoms with van der Waals surface area (Å²) in [6, 6.07) is 3.11. The number of carbonyl (C=O) groups is 1. The Hall–Kier alpha value is -3.34. The number of aromatic nitrogens is 2. The number of halogens is 5. The predicted molar refractivity (Wildman–Crippen MR) is 113 cm³/mol. The fraction of sp³-hybridized carbons (Fsp3) is 0.375. The topological polar surface area (TPSA) is 81.4 Å². The molecule has 3 aromatic rings. The predicted octanol–water partition coefficient (Wildman–Crippen LogP) is 4.24. The van der Waals surface area contributed by atoms with Crippen LogP contribution in [0.2, 0.25) is 0 Å². The zero-order valence-corrected chi connectivity index (χ0v) is 18.4. The van der Waals surface area contributed by atoms with E-state index in [9.17, 15) is 36.6 Å². The van der Waals surface area contributed by atoms with Crippen LogP contribution in [-0.2, 0) is 34.7 Å². The number of cyclic esters (lactones) is 1. The lowest BCUT2D eigenvalue weighted by atomic mass is 9.85. The van der Waals surface area contributed by atoms with Crippen LogP contribution in [0.3, 0.4) is 0 Å². The summed E-state index contributed by atoms with van der Waals surface area (Å²) in [5.74, 6) is -3.10. The van der Waals surface area contributed by atoms with E-state index in [1.54, 1.807) is 6.92 Å². The third-order valence-corrected chi connectivity index (χ3v) is 6.76. The van der Waals surface area contributed by atoms with Crippen LogP contribution >= 0.6 is 0 Å². The summed E-state index contributed by atoms with van der Waals surface area (Å²) < 4.78 is 73.7. The number of benzene rings is 1. The molecule has 0 bridgehead atoms. The Kier molecular flexibility index (Phi) is 5.24. The molecule has 6 nitrogen and oxygen atoms in total. The summed E-state index contributed by atoms with van der Waals surface area (Å²) in [6.45, 7) is 1.13. The van der Waals surface area contributed by atoms with Gasteiger partial charge in [-0.3, -0.25) is 9.59 Å². The third-order valence-electron chi connectivity index (χ3n) is 6.76. The van der Waals surface area contributed by atoms with Crippen LogP contribution in [-0.4, -0.2) is 26.8 Å². The van der Waals surface area contributed by atoms with E-state index >= 15 is 0 Å². The molecule has 0 radical (unpaired) electrons. The SMILES string of the molecule is CC[C@@]1(O)CC(=O)OCc2c1cc1n(c2=O)Cc2c-1nc1cc(F)c(F)cc1c2CCC(F)(F)F. The lowest BCUT2D eigenvalue weighted by Gasteiger charge is -2.26. The van der Waals surface area contributed by atoms with Gasteiger partial charge in [0.05, 0.1) is 35.4 Å². The second-order valence-corrected chi connectivity index (χ2v) is 8.85. The Morgan fingerprint density at radius 1 is 1.14 bits per heavy atom. The van der Waals surface area contributed by atoms with E-state index in [1.807, 2.05) is 0 Å². The Morgan fingerprint density at radius 2 is 1.86 bits per heavy atom. The molecule has 1 atom stereocenters. The number of aryl methyl sites for hydroxylation is 1. The molecule has 0 fully saturated rings. The molecule has 2 aliphatic heterocycles. The van der Waals surface area contributed by atoms with Gasteiger partial charge in [-0.15, -0.1) is 0 Å². The molecule has 35 heavy (non-hydrogen) atoms. The third kappa shape index (κ3) is 3.78. The smallest absolute Gasteiger partial charge is 0.389 e. The van der Waals surface area contributed by atoms with Crippen molar-refractivity contribution in [3.05, 3.63) is 62.4 Å². The van der Waals surface area contributed by atoms with E-state index in [0.717, 1.165) is 12.1 Å². The highest BCUT2D eigenvalue weighted by molar-refractivity contribution is 5.88. The first-order valence-electron chi connectivity index (χ1n) is 10.9. The molecule has 11 heteroatoms. The van der Waals surface area contributed by atoms with E-state index in [-0.39, 0.29) is 65.0 Å². The fourth-order valence-electron chi connectivity index (χ4n) is 4.91. The first-order valence-corrected chi connectivity index (χ1v) is 10.9. The largest absolute Gasteiger partial charge is 0.460 e. The number of fused-ring (bicyclic) bond motifs is 5. The van der Waals surface area contributed by atoms with Gasteiger partial charge in [-0.1, -0.05) is 6.92 Å². The number of esters is 1. The number of rotatable bonds is 3. The maximum absolute atomic E-state index is 14.0. The van der Waals surface area contributed by atoms with Crippen molar-refractivity contribution in [1.82, 2.24) is 9.55 Å². The van der Waals surface area contributed by atoms with E-state index in [1.165, 1.54) is 10.6 Å². The van der Waals surface area contributed by atoms with Crippen molar-refractivity contribution in [2.45, 2.75) is 57.5 Å². The minimum Gasteiger partial charge on any atom is -0.460 e. The second kappa shape index (κ2) is 7.84. The molecule has 0 saturated carbocycles. The van der Waals surface area contributed by atoms with Gasteiger partial charge in [0.2, 0.25) is 0 Å². The van der Waals surface area contributed by atoms with E-state index < -0.39 is 47.8 Å². The van der Waals surface area contributed by atoms with Gasteiger partial charge in [0, 0.05) is 23.4 Å². The zero-order valence-electron chi connectivity index (χ0n) is 18.4. The Labute approximate surface area is 195 Å². The monoisotopic (exact) mass is 494 g/mol. The van der Waals surface area contributed by atoms with Crippen molar-refractivity contribution in [2.24, 2.45) is 0 Å². The Morgan fingerprint density at radius 3 is 2.54 bits per heavy atom.